The third-order valence-corrected chi connectivity index (χ3v) is 5.80. The Hall–Kier alpha value is -3.80. The van der Waals surface area contributed by atoms with Crippen LogP contribution in [0.1, 0.15) is 29.2 Å². The van der Waals surface area contributed by atoms with Gasteiger partial charge in [0, 0.05) is 19.5 Å². The van der Waals surface area contributed by atoms with Crippen LogP contribution in [0.15, 0.2) is 72.8 Å². The lowest BCUT2D eigenvalue weighted by atomic mass is 10.0. The predicted octanol–water partition coefficient (Wildman–Crippen LogP) is 4.47. The molecule has 0 fully saturated rings. The number of nitrogens with one attached hydrogen (secondary N) is 1. The lowest BCUT2D eigenvalue weighted by Gasteiger charge is -2.31. The van der Waals surface area contributed by atoms with Crippen molar-refractivity contribution in [2.24, 2.45) is 0 Å². The summed E-state index contributed by atoms with van der Waals surface area (Å²) in [5, 5.41) is 2.90. The molecule has 0 saturated carbocycles. The van der Waals surface area contributed by atoms with Gasteiger partial charge in [0.2, 0.25) is 5.91 Å². The first-order valence-corrected chi connectivity index (χ1v) is 11.8. The topological polar surface area (TPSA) is 67.9 Å². The molecule has 0 saturated heterocycles. The Labute approximate surface area is 207 Å². The molecule has 0 aliphatic rings. The summed E-state index contributed by atoms with van der Waals surface area (Å²) in [7, 11) is 1.60. The van der Waals surface area contributed by atoms with Gasteiger partial charge in [0.1, 0.15) is 17.5 Å². The van der Waals surface area contributed by atoms with Crippen molar-refractivity contribution in [2.45, 2.75) is 39.8 Å². The average Bonchev–Trinajstić information content (AvgIpc) is 2.87. The zero-order valence-corrected chi connectivity index (χ0v) is 20.9. The molecule has 0 radical (unpaired) electrons. The smallest absolute Gasteiger partial charge is 0.261 e. The van der Waals surface area contributed by atoms with Crippen LogP contribution in [0.5, 0.6) is 11.5 Å². The molecular formula is C29H34N2O4. The molecule has 3 aromatic rings. The van der Waals surface area contributed by atoms with Gasteiger partial charge < -0.3 is 19.7 Å². The van der Waals surface area contributed by atoms with Crippen LogP contribution < -0.4 is 14.8 Å². The number of nitrogens with zero attached hydrogens (tertiary/aromatic N) is 1. The van der Waals surface area contributed by atoms with E-state index in [-0.39, 0.29) is 25.0 Å². The Morgan fingerprint density at radius 3 is 2.40 bits per heavy atom. The van der Waals surface area contributed by atoms with Crippen molar-refractivity contribution in [3.8, 4) is 11.5 Å². The van der Waals surface area contributed by atoms with Gasteiger partial charge in [-0.2, -0.15) is 0 Å². The second kappa shape index (κ2) is 12.6. The van der Waals surface area contributed by atoms with Gasteiger partial charge in [-0.15, -0.1) is 0 Å². The van der Waals surface area contributed by atoms with Crippen molar-refractivity contribution in [1.82, 2.24) is 10.2 Å². The fraction of sp³-hybridized carbons (Fsp3) is 0.310. The van der Waals surface area contributed by atoms with Gasteiger partial charge in [0.05, 0.1) is 7.11 Å². The minimum atomic E-state index is -0.696. The van der Waals surface area contributed by atoms with E-state index in [9.17, 15) is 9.59 Å². The fourth-order valence-electron chi connectivity index (χ4n) is 3.90. The molecule has 3 rings (SSSR count). The van der Waals surface area contributed by atoms with Crippen LogP contribution in [-0.4, -0.2) is 43.0 Å². The predicted molar refractivity (Wildman–Crippen MR) is 138 cm³/mol. The second-order valence-electron chi connectivity index (χ2n) is 8.53. The van der Waals surface area contributed by atoms with E-state index in [4.69, 9.17) is 9.47 Å². The highest BCUT2D eigenvalue weighted by Crippen LogP contribution is 2.21. The number of carbonyl (C=O) groups is 2. The van der Waals surface area contributed by atoms with E-state index in [0.29, 0.717) is 24.5 Å². The number of hydrogen-bond acceptors (Lipinski definition) is 4. The molecule has 0 bridgehead atoms. The number of likely N-dealkylation sites (N-methyl/N-ethyl adjacent to an activating group) is 1. The van der Waals surface area contributed by atoms with Crippen LogP contribution >= 0.6 is 0 Å². The van der Waals surface area contributed by atoms with Crippen LogP contribution in [0, 0.1) is 13.8 Å². The molecule has 0 heterocycles. The van der Waals surface area contributed by atoms with Gasteiger partial charge in [0.15, 0.2) is 6.61 Å². The van der Waals surface area contributed by atoms with Gasteiger partial charge in [0.25, 0.3) is 5.91 Å². The standard InChI is InChI=1S/C29H34N2O4/c1-5-30-29(33)26(18-23-10-7-6-8-11-23)31(19-24-12-9-13-25(17-24)34-4)28(32)20-35-27-16-21(2)14-15-22(27)3/h6-17,26H,5,18-20H2,1-4H3,(H,30,33)/t26-/m1/s1. The van der Waals surface area contributed by atoms with Crippen LogP contribution in [0.4, 0.5) is 0 Å². The van der Waals surface area contributed by atoms with Gasteiger partial charge in [-0.3, -0.25) is 9.59 Å². The molecule has 3 aromatic carbocycles. The molecule has 0 aliphatic carbocycles. The summed E-state index contributed by atoms with van der Waals surface area (Å²) < 4.78 is 11.3. The third-order valence-electron chi connectivity index (χ3n) is 5.80. The van der Waals surface area contributed by atoms with E-state index in [1.165, 1.54) is 0 Å². The summed E-state index contributed by atoms with van der Waals surface area (Å²) in [4.78, 5) is 28.4. The van der Waals surface area contributed by atoms with Gasteiger partial charge >= 0.3 is 0 Å². The summed E-state index contributed by atoms with van der Waals surface area (Å²) in [6.07, 6.45) is 0.395. The molecule has 1 N–H and O–H groups in total. The molecule has 1 atom stereocenters. The Balaban J connectivity index is 1.92. The SMILES string of the molecule is CCNC(=O)[C@@H](Cc1ccccc1)N(Cc1cccc(OC)c1)C(=O)COc1cc(C)ccc1C. The van der Waals surface area contributed by atoms with Crippen molar-refractivity contribution in [3.05, 3.63) is 95.1 Å². The van der Waals surface area contributed by atoms with Gasteiger partial charge in [-0.25, -0.2) is 0 Å². The maximum absolute atomic E-state index is 13.6. The number of amides is 2. The minimum Gasteiger partial charge on any atom is -0.497 e. The molecule has 184 valence electrons. The number of benzene rings is 3. The molecule has 0 aliphatic heterocycles. The van der Waals surface area contributed by atoms with E-state index in [2.05, 4.69) is 5.32 Å². The highest BCUT2D eigenvalue weighted by atomic mass is 16.5. The lowest BCUT2D eigenvalue weighted by molar-refractivity contribution is -0.142. The van der Waals surface area contributed by atoms with Crippen molar-refractivity contribution >= 4 is 11.8 Å². The van der Waals surface area contributed by atoms with Gasteiger partial charge in [-0.05, 0) is 61.2 Å². The molecule has 35 heavy (non-hydrogen) atoms. The first-order valence-electron chi connectivity index (χ1n) is 11.8. The van der Waals surface area contributed by atoms with Crippen LogP contribution in [0.3, 0.4) is 0 Å². The third kappa shape index (κ3) is 7.34. The number of aryl methyl sites for hydroxylation is 2. The second-order valence-corrected chi connectivity index (χ2v) is 8.53. The molecule has 0 unspecified atom stereocenters. The summed E-state index contributed by atoms with van der Waals surface area (Å²) in [5.41, 5.74) is 3.84. The zero-order valence-electron chi connectivity index (χ0n) is 20.9. The Morgan fingerprint density at radius 1 is 0.943 bits per heavy atom. The molecule has 6 heteroatoms. The van der Waals surface area contributed by atoms with E-state index in [1.54, 1.807) is 12.0 Å². The van der Waals surface area contributed by atoms with Crippen LogP contribution in [-0.2, 0) is 22.6 Å². The molecule has 0 aromatic heterocycles. The van der Waals surface area contributed by atoms with Crippen molar-refractivity contribution < 1.29 is 19.1 Å². The molecule has 0 spiro atoms. The average molecular weight is 475 g/mol. The number of methoxy groups -OCH3 is 1. The minimum absolute atomic E-state index is 0.168. The maximum Gasteiger partial charge on any atom is 0.261 e. The number of carbonyl (C=O) groups excluding carboxylic acids is 2. The maximum atomic E-state index is 13.6. The normalized spacial score (nSPS) is 11.4. The van der Waals surface area contributed by atoms with E-state index < -0.39 is 6.04 Å². The van der Waals surface area contributed by atoms with Crippen molar-refractivity contribution in [2.75, 3.05) is 20.3 Å². The summed E-state index contributed by atoms with van der Waals surface area (Å²) in [6, 6.07) is 22.5. The largest absolute Gasteiger partial charge is 0.497 e. The lowest BCUT2D eigenvalue weighted by Crippen LogP contribution is -2.51. The van der Waals surface area contributed by atoms with Crippen LogP contribution in [0.25, 0.3) is 0 Å². The Kier molecular flexibility index (Phi) is 9.30. The molecule has 6 nitrogen and oxygen atoms in total. The highest BCUT2D eigenvalue weighted by Gasteiger charge is 2.30. The monoisotopic (exact) mass is 474 g/mol. The summed E-state index contributed by atoms with van der Waals surface area (Å²) in [5.74, 6) is 0.900. The molecule has 2 amide bonds. The Bertz CT molecular complexity index is 1130. The number of hydrogen-bond donors (Lipinski definition) is 1. The van der Waals surface area contributed by atoms with E-state index >= 15 is 0 Å². The molecular weight excluding hydrogens is 440 g/mol. The van der Waals surface area contributed by atoms with Crippen molar-refractivity contribution in [3.63, 3.8) is 0 Å². The first kappa shape index (κ1) is 25.8. The van der Waals surface area contributed by atoms with E-state index in [1.807, 2.05) is 93.6 Å². The first-order chi connectivity index (χ1) is 16.9. The van der Waals surface area contributed by atoms with Crippen LogP contribution in [0.2, 0.25) is 0 Å². The number of ether oxygens (including phenoxy) is 2. The van der Waals surface area contributed by atoms with E-state index in [0.717, 1.165) is 22.3 Å². The Morgan fingerprint density at radius 2 is 1.69 bits per heavy atom. The summed E-state index contributed by atoms with van der Waals surface area (Å²) in [6.45, 7) is 6.35. The highest BCUT2D eigenvalue weighted by molar-refractivity contribution is 5.88. The quantitative estimate of drug-likeness (QED) is 0.445. The van der Waals surface area contributed by atoms with Gasteiger partial charge in [-0.1, -0.05) is 54.6 Å². The summed E-state index contributed by atoms with van der Waals surface area (Å²) >= 11 is 0. The fourth-order valence-corrected chi connectivity index (χ4v) is 3.90. The number of rotatable bonds is 11. The van der Waals surface area contributed by atoms with Crippen molar-refractivity contribution in [1.29, 1.82) is 0 Å². The zero-order chi connectivity index (χ0) is 25.2.